The molecule has 1 atom stereocenters. The summed E-state index contributed by atoms with van der Waals surface area (Å²) in [6, 6.07) is 9.15. The van der Waals surface area contributed by atoms with Gasteiger partial charge in [0, 0.05) is 6.54 Å². The molecule has 0 spiro atoms. The molecule has 2 aromatic rings. The van der Waals surface area contributed by atoms with Crippen LogP contribution in [-0.2, 0) is 21.4 Å². The van der Waals surface area contributed by atoms with Crippen LogP contribution in [0.4, 0.5) is 4.39 Å². The van der Waals surface area contributed by atoms with Crippen molar-refractivity contribution in [1.29, 1.82) is 0 Å². The predicted molar refractivity (Wildman–Crippen MR) is 95.8 cm³/mol. The summed E-state index contributed by atoms with van der Waals surface area (Å²) in [5.74, 6) is -0.270. The lowest BCUT2D eigenvalue weighted by molar-refractivity contribution is -0.122. The third kappa shape index (κ3) is 5.03. The van der Waals surface area contributed by atoms with Crippen molar-refractivity contribution in [3.05, 3.63) is 59.4 Å². The van der Waals surface area contributed by atoms with E-state index in [1.165, 1.54) is 38.3 Å². The molecule has 0 radical (unpaired) electrons. The van der Waals surface area contributed by atoms with Gasteiger partial charge in [-0.25, -0.2) is 12.8 Å². The summed E-state index contributed by atoms with van der Waals surface area (Å²) >= 11 is 0. The van der Waals surface area contributed by atoms with E-state index in [1.54, 1.807) is 25.1 Å². The Morgan fingerprint density at radius 2 is 1.85 bits per heavy atom. The molecule has 1 amide bonds. The molecule has 0 fully saturated rings. The molecular formula is C18H21FN2O4S. The van der Waals surface area contributed by atoms with E-state index in [2.05, 4.69) is 10.0 Å². The Hall–Kier alpha value is -2.45. The van der Waals surface area contributed by atoms with Crippen molar-refractivity contribution in [3.8, 4) is 5.75 Å². The van der Waals surface area contributed by atoms with Crippen molar-refractivity contribution in [2.24, 2.45) is 0 Å². The maximum Gasteiger partial charge on any atom is 0.241 e. The average Bonchev–Trinajstić information content (AvgIpc) is 2.60. The maximum atomic E-state index is 12.9. The number of sulfonamides is 1. The zero-order valence-electron chi connectivity index (χ0n) is 14.7. The van der Waals surface area contributed by atoms with E-state index in [4.69, 9.17) is 4.74 Å². The van der Waals surface area contributed by atoms with Gasteiger partial charge in [-0.1, -0.05) is 12.1 Å². The first-order chi connectivity index (χ1) is 12.2. The fraction of sp³-hybridized carbons (Fsp3) is 0.278. The number of halogens is 1. The molecule has 2 rings (SSSR count). The van der Waals surface area contributed by atoms with Crippen LogP contribution in [0.5, 0.6) is 5.75 Å². The summed E-state index contributed by atoms with van der Waals surface area (Å²) in [7, 11) is -2.35. The van der Waals surface area contributed by atoms with Crippen LogP contribution in [-0.4, -0.2) is 27.5 Å². The normalized spacial score (nSPS) is 12.5. The molecule has 0 aliphatic rings. The number of carbonyl (C=O) groups is 1. The highest BCUT2D eigenvalue weighted by Crippen LogP contribution is 2.21. The fourth-order valence-electron chi connectivity index (χ4n) is 2.32. The van der Waals surface area contributed by atoms with Gasteiger partial charge >= 0.3 is 0 Å². The second kappa shape index (κ2) is 8.29. The van der Waals surface area contributed by atoms with E-state index in [0.717, 1.165) is 0 Å². The van der Waals surface area contributed by atoms with Crippen molar-refractivity contribution in [1.82, 2.24) is 10.0 Å². The largest absolute Gasteiger partial charge is 0.496 e. The summed E-state index contributed by atoms with van der Waals surface area (Å²) in [5.41, 5.74) is 1.38. The first-order valence-corrected chi connectivity index (χ1v) is 9.40. The minimum atomic E-state index is -3.86. The lowest BCUT2D eigenvalue weighted by Crippen LogP contribution is -2.44. The number of ether oxygens (including phenoxy) is 1. The van der Waals surface area contributed by atoms with Gasteiger partial charge in [0.05, 0.1) is 18.0 Å². The second-order valence-electron chi connectivity index (χ2n) is 5.82. The molecule has 0 heterocycles. The zero-order chi connectivity index (χ0) is 19.3. The predicted octanol–water partition coefficient (Wildman–Crippen LogP) is 2.13. The molecule has 6 nitrogen and oxygen atoms in total. The van der Waals surface area contributed by atoms with Gasteiger partial charge in [0.2, 0.25) is 15.9 Å². The van der Waals surface area contributed by atoms with Gasteiger partial charge in [0.15, 0.2) is 0 Å². The molecule has 0 aliphatic heterocycles. The topological polar surface area (TPSA) is 84.5 Å². The Balaban J connectivity index is 2.00. The fourth-order valence-corrected chi connectivity index (χ4v) is 3.60. The molecule has 26 heavy (non-hydrogen) atoms. The van der Waals surface area contributed by atoms with E-state index in [9.17, 15) is 17.6 Å². The molecular weight excluding hydrogens is 359 g/mol. The second-order valence-corrected chi connectivity index (χ2v) is 7.53. The van der Waals surface area contributed by atoms with E-state index in [-0.39, 0.29) is 17.3 Å². The standard InChI is InChI=1S/C18H21FN2O4S/c1-12-10-16(8-9-17(12)25-3)26(23,24)21-13(2)18(22)20-11-14-4-6-15(19)7-5-14/h4-10,13,21H,11H2,1-3H3,(H,20,22)/t13-/m1/s1. The number of carbonyl (C=O) groups excluding carboxylic acids is 1. The minimum Gasteiger partial charge on any atom is -0.496 e. The highest BCUT2D eigenvalue weighted by molar-refractivity contribution is 7.89. The van der Waals surface area contributed by atoms with Crippen molar-refractivity contribution in [2.45, 2.75) is 31.3 Å². The van der Waals surface area contributed by atoms with E-state index < -0.39 is 22.0 Å². The van der Waals surface area contributed by atoms with Crippen LogP contribution >= 0.6 is 0 Å². The summed E-state index contributed by atoms with van der Waals surface area (Å²) in [5, 5.41) is 2.61. The molecule has 0 bridgehead atoms. The lowest BCUT2D eigenvalue weighted by atomic mass is 10.2. The first-order valence-electron chi connectivity index (χ1n) is 7.92. The molecule has 0 aromatic heterocycles. The van der Waals surface area contributed by atoms with Gasteiger partial charge in [-0.15, -0.1) is 0 Å². The van der Waals surface area contributed by atoms with Crippen LogP contribution in [0.25, 0.3) is 0 Å². The van der Waals surface area contributed by atoms with Gasteiger partial charge in [0.25, 0.3) is 0 Å². The number of hydrogen-bond donors (Lipinski definition) is 2. The van der Waals surface area contributed by atoms with E-state index in [0.29, 0.717) is 16.9 Å². The quantitative estimate of drug-likeness (QED) is 0.771. The van der Waals surface area contributed by atoms with Crippen LogP contribution in [0.2, 0.25) is 0 Å². The maximum absolute atomic E-state index is 12.9. The van der Waals surface area contributed by atoms with E-state index >= 15 is 0 Å². The smallest absolute Gasteiger partial charge is 0.241 e. The Labute approximate surface area is 152 Å². The van der Waals surface area contributed by atoms with Crippen LogP contribution < -0.4 is 14.8 Å². The Morgan fingerprint density at radius 1 is 1.19 bits per heavy atom. The van der Waals surface area contributed by atoms with Gasteiger partial charge in [-0.05, 0) is 55.3 Å². The number of nitrogens with one attached hydrogen (secondary N) is 2. The van der Waals surface area contributed by atoms with Gasteiger partial charge in [-0.3, -0.25) is 4.79 Å². The summed E-state index contributed by atoms with van der Waals surface area (Å²) < 4.78 is 45.2. The molecule has 2 N–H and O–H groups in total. The van der Waals surface area contributed by atoms with Crippen LogP contribution in [0.1, 0.15) is 18.1 Å². The molecule has 8 heteroatoms. The van der Waals surface area contributed by atoms with Gasteiger partial charge in [-0.2, -0.15) is 4.72 Å². The molecule has 140 valence electrons. The van der Waals surface area contributed by atoms with Crippen molar-refractivity contribution < 1.29 is 22.3 Å². The highest BCUT2D eigenvalue weighted by atomic mass is 32.2. The van der Waals surface area contributed by atoms with Gasteiger partial charge < -0.3 is 10.1 Å². The molecule has 0 saturated carbocycles. The van der Waals surface area contributed by atoms with Crippen molar-refractivity contribution >= 4 is 15.9 Å². The minimum absolute atomic E-state index is 0.0500. The number of methoxy groups -OCH3 is 1. The molecule has 0 aliphatic carbocycles. The number of benzene rings is 2. The van der Waals surface area contributed by atoms with Crippen LogP contribution in [0, 0.1) is 12.7 Å². The summed E-state index contributed by atoms with van der Waals surface area (Å²) in [6.07, 6.45) is 0. The van der Waals surface area contributed by atoms with Crippen LogP contribution in [0.15, 0.2) is 47.4 Å². The Kier molecular flexibility index (Phi) is 6.33. The Bertz CT molecular complexity index is 883. The Morgan fingerprint density at radius 3 is 2.42 bits per heavy atom. The highest BCUT2D eigenvalue weighted by Gasteiger charge is 2.22. The number of amides is 1. The number of rotatable bonds is 7. The van der Waals surface area contributed by atoms with Gasteiger partial charge in [0.1, 0.15) is 11.6 Å². The molecule has 0 saturated heterocycles. The first kappa shape index (κ1) is 19.9. The van der Waals surface area contributed by atoms with E-state index in [1.807, 2.05) is 0 Å². The summed E-state index contributed by atoms with van der Waals surface area (Å²) in [4.78, 5) is 12.2. The van der Waals surface area contributed by atoms with Crippen molar-refractivity contribution in [2.75, 3.05) is 7.11 Å². The van der Waals surface area contributed by atoms with Crippen LogP contribution in [0.3, 0.4) is 0 Å². The number of hydrogen-bond acceptors (Lipinski definition) is 4. The zero-order valence-corrected chi connectivity index (χ0v) is 15.6. The number of aryl methyl sites for hydroxylation is 1. The third-order valence-corrected chi connectivity index (χ3v) is 5.32. The SMILES string of the molecule is COc1ccc(S(=O)(=O)N[C@H](C)C(=O)NCc2ccc(F)cc2)cc1C. The summed E-state index contributed by atoms with van der Waals surface area (Å²) in [6.45, 7) is 3.36. The molecule has 0 unspecified atom stereocenters. The average molecular weight is 380 g/mol. The third-order valence-electron chi connectivity index (χ3n) is 3.78. The van der Waals surface area contributed by atoms with Crippen molar-refractivity contribution in [3.63, 3.8) is 0 Å². The molecule has 2 aromatic carbocycles. The monoisotopic (exact) mass is 380 g/mol. The lowest BCUT2D eigenvalue weighted by Gasteiger charge is -2.15.